The van der Waals surface area contributed by atoms with Crippen molar-refractivity contribution in [1.29, 1.82) is 0 Å². The highest BCUT2D eigenvalue weighted by Gasteiger charge is 2.50. The van der Waals surface area contributed by atoms with E-state index in [9.17, 15) is 54.6 Å². The number of ether oxygens (including phenoxy) is 5. The number of amides is 2. The first-order valence-electron chi connectivity index (χ1n) is 19.4. The number of phenolic OH excluding ortho intramolecular Hbond substituents is 3. The molecule has 1 aliphatic heterocycles. The summed E-state index contributed by atoms with van der Waals surface area (Å²) >= 11 is 0. The Morgan fingerprint density at radius 3 is 2.16 bits per heavy atom. The average Bonchev–Trinajstić information content (AvgIpc) is 3.24. The van der Waals surface area contributed by atoms with Crippen LogP contribution in [0.4, 0.5) is 4.79 Å². The van der Waals surface area contributed by atoms with Crippen LogP contribution in [0, 0.1) is 6.92 Å². The maximum Gasteiger partial charge on any atom is 0.410 e. The number of aliphatic hydroxyl groups excluding tert-OH is 3. The third-order valence-electron chi connectivity index (χ3n) is 11.5. The predicted molar refractivity (Wildman–Crippen MR) is 214 cm³/mol. The zero-order valence-electron chi connectivity index (χ0n) is 34.2. The van der Waals surface area contributed by atoms with Crippen LogP contribution < -0.4 is 10.1 Å². The smallest absolute Gasteiger partial charge is 0.410 e. The number of aromatic hydroxyl groups is 3. The maximum absolute atomic E-state index is 14.1. The number of carbonyl (C=O) groups excluding carboxylic acids is 5. The number of ketones is 2. The molecule has 1 fully saturated rings. The second-order valence-corrected chi connectivity index (χ2v) is 15.3. The molecular weight excluding hydrogens is 812 g/mol. The van der Waals surface area contributed by atoms with Crippen LogP contribution >= 0.6 is 0 Å². The van der Waals surface area contributed by atoms with Gasteiger partial charge in [-0.15, -0.1) is 0 Å². The molecule has 326 valence electrons. The molecule has 18 nitrogen and oxygen atoms in total. The fourth-order valence-corrected chi connectivity index (χ4v) is 8.34. The molecule has 62 heavy (non-hydrogen) atoms. The van der Waals surface area contributed by atoms with Gasteiger partial charge in [-0.25, -0.2) is 9.59 Å². The minimum absolute atomic E-state index is 0.0292. The number of nitrogens with one attached hydrogen (secondary N) is 1. The van der Waals surface area contributed by atoms with Gasteiger partial charge < -0.3 is 64.5 Å². The number of hydrogen-bond acceptors (Lipinski definition) is 16. The lowest BCUT2D eigenvalue weighted by Gasteiger charge is -2.46. The van der Waals surface area contributed by atoms with E-state index in [0.29, 0.717) is 5.56 Å². The molecule has 7 rings (SSSR count). The van der Waals surface area contributed by atoms with E-state index in [1.807, 2.05) is 0 Å². The van der Waals surface area contributed by atoms with Gasteiger partial charge in [0, 0.05) is 35.4 Å². The van der Waals surface area contributed by atoms with Crippen molar-refractivity contribution in [1.82, 2.24) is 10.2 Å². The average molecular weight is 857 g/mol. The van der Waals surface area contributed by atoms with Crippen molar-refractivity contribution < 1.29 is 78.3 Å². The summed E-state index contributed by atoms with van der Waals surface area (Å²) in [6.07, 6.45) is -10.7. The minimum atomic E-state index is -1.88. The number of likely N-dealkylation sites (N-methyl/N-ethyl adjacent to an activating group) is 1. The lowest BCUT2D eigenvalue weighted by Crippen LogP contribution is -2.63. The van der Waals surface area contributed by atoms with Crippen LogP contribution in [0.5, 0.6) is 23.0 Å². The molecule has 0 bridgehead atoms. The lowest BCUT2D eigenvalue weighted by atomic mass is 9.74. The van der Waals surface area contributed by atoms with Gasteiger partial charge in [0.15, 0.2) is 17.9 Å². The molecule has 2 aliphatic carbocycles. The van der Waals surface area contributed by atoms with Crippen molar-refractivity contribution >= 4 is 29.5 Å². The van der Waals surface area contributed by atoms with Crippen molar-refractivity contribution in [3.8, 4) is 34.1 Å². The summed E-state index contributed by atoms with van der Waals surface area (Å²) < 4.78 is 27.6. The molecule has 8 atom stereocenters. The fourth-order valence-electron chi connectivity index (χ4n) is 8.34. The predicted octanol–water partition coefficient (Wildman–Crippen LogP) is 3.06. The minimum Gasteiger partial charge on any atom is -0.507 e. The second-order valence-electron chi connectivity index (χ2n) is 15.3. The van der Waals surface area contributed by atoms with Crippen molar-refractivity contribution in [2.75, 3.05) is 21.3 Å². The Labute approximate surface area is 353 Å². The van der Waals surface area contributed by atoms with Crippen LogP contribution in [0.1, 0.15) is 90.5 Å². The topological polar surface area (TPSA) is 268 Å². The van der Waals surface area contributed by atoms with E-state index in [2.05, 4.69) is 5.32 Å². The quantitative estimate of drug-likeness (QED) is 0.105. The van der Waals surface area contributed by atoms with Crippen LogP contribution in [-0.4, -0.2) is 123 Å². The van der Waals surface area contributed by atoms with Gasteiger partial charge in [-0.3, -0.25) is 14.4 Å². The third-order valence-corrected chi connectivity index (χ3v) is 11.5. The third kappa shape index (κ3) is 7.24. The Kier molecular flexibility index (Phi) is 11.7. The van der Waals surface area contributed by atoms with Gasteiger partial charge in [0.2, 0.25) is 0 Å². The number of rotatable bonds is 9. The van der Waals surface area contributed by atoms with E-state index in [1.165, 1.54) is 47.1 Å². The van der Waals surface area contributed by atoms with E-state index >= 15 is 0 Å². The largest absolute Gasteiger partial charge is 0.507 e. The first-order valence-corrected chi connectivity index (χ1v) is 19.4. The number of esters is 1. The Bertz CT molecular complexity index is 2510. The highest BCUT2D eigenvalue weighted by molar-refractivity contribution is 6.31. The number of hydrogen-bond donors (Lipinski definition) is 7. The molecule has 0 spiro atoms. The number of fused-ring (bicyclic) bond motifs is 5. The van der Waals surface area contributed by atoms with Crippen molar-refractivity contribution in [3.63, 3.8) is 0 Å². The van der Waals surface area contributed by atoms with Crippen LogP contribution in [0.2, 0.25) is 0 Å². The van der Waals surface area contributed by atoms with Crippen LogP contribution in [-0.2, 0) is 30.3 Å². The van der Waals surface area contributed by atoms with Crippen LogP contribution in [0.3, 0.4) is 0 Å². The molecule has 18 heteroatoms. The van der Waals surface area contributed by atoms with E-state index in [1.54, 1.807) is 30.3 Å². The molecule has 7 N–H and O–H groups in total. The number of methoxy groups -OCH3 is 2. The summed E-state index contributed by atoms with van der Waals surface area (Å²) in [5, 5.41) is 72.4. The van der Waals surface area contributed by atoms with Gasteiger partial charge in [-0.1, -0.05) is 36.4 Å². The summed E-state index contributed by atoms with van der Waals surface area (Å²) in [7, 11) is 3.75. The number of aliphatic hydroxyl groups is 3. The Morgan fingerprint density at radius 2 is 1.50 bits per heavy atom. The molecule has 0 aromatic heterocycles. The number of aryl methyl sites for hydroxylation is 1. The first kappa shape index (κ1) is 43.5. The van der Waals surface area contributed by atoms with Gasteiger partial charge in [0.1, 0.15) is 60.1 Å². The van der Waals surface area contributed by atoms with Gasteiger partial charge in [-0.05, 0) is 55.2 Å². The lowest BCUT2D eigenvalue weighted by molar-refractivity contribution is -0.301. The monoisotopic (exact) mass is 856 g/mol. The summed E-state index contributed by atoms with van der Waals surface area (Å²) in [5.74, 6) is -5.82. The van der Waals surface area contributed by atoms with Gasteiger partial charge in [-0.2, -0.15) is 0 Å². The van der Waals surface area contributed by atoms with Crippen molar-refractivity contribution in [2.45, 2.75) is 76.3 Å². The standard InChI is InChI=1S/C44H44N2O16/c1-17-12-25-30(36(51)27(17)41(55)45-18(2)42(56)59-6)29-23(15-24-31(37(29)52)34(49)22-13-21(58-5)14-26(47)28(22)33(24)48)35(50)40(25)62-43-39(54)38(53)32(19(3)61-43)46(4)44(57)60-16-20-10-8-7-9-11-20/h7-15,18-19,32,35,38-40,43,47,50-54H,16H2,1-6H3,(H,45,55)/t18-,19-,32+,35+,38+,39-,40+,43+/m1/s1. The molecular formula is C44H44N2O16. The molecule has 2 amide bonds. The highest BCUT2D eigenvalue weighted by atomic mass is 16.7. The van der Waals surface area contributed by atoms with E-state index in [4.69, 9.17) is 23.7 Å². The highest BCUT2D eigenvalue weighted by Crippen LogP contribution is 2.57. The van der Waals surface area contributed by atoms with Crippen molar-refractivity contribution in [3.05, 3.63) is 105 Å². The maximum atomic E-state index is 14.1. The van der Waals surface area contributed by atoms with Crippen LogP contribution in [0.15, 0.2) is 54.6 Å². The van der Waals surface area contributed by atoms with Gasteiger partial charge in [0.05, 0.1) is 43.1 Å². The number of nitrogens with zero attached hydrogens (tertiary/aromatic N) is 1. The Hall–Kier alpha value is -6.57. The molecule has 1 heterocycles. The zero-order chi connectivity index (χ0) is 45.1. The Morgan fingerprint density at radius 1 is 0.855 bits per heavy atom. The van der Waals surface area contributed by atoms with Crippen molar-refractivity contribution in [2.24, 2.45) is 0 Å². The summed E-state index contributed by atoms with van der Waals surface area (Å²) in [6, 6.07) is 11.3. The molecule has 0 saturated carbocycles. The molecule has 1 saturated heterocycles. The van der Waals surface area contributed by atoms with Gasteiger partial charge >= 0.3 is 12.1 Å². The van der Waals surface area contributed by atoms with Gasteiger partial charge in [0.25, 0.3) is 5.91 Å². The number of carbonyl (C=O) groups is 5. The van der Waals surface area contributed by atoms with E-state index < -0.39 is 112 Å². The molecule has 3 aliphatic rings. The summed E-state index contributed by atoms with van der Waals surface area (Å²) in [4.78, 5) is 68.2. The van der Waals surface area contributed by atoms with Crippen LogP contribution in [0.25, 0.3) is 11.1 Å². The van der Waals surface area contributed by atoms with E-state index in [-0.39, 0.29) is 51.3 Å². The first-order chi connectivity index (χ1) is 29.4. The second kappa shape index (κ2) is 16.7. The summed E-state index contributed by atoms with van der Waals surface area (Å²) in [5.41, 5.74) is -2.37. The number of benzene rings is 4. The number of phenols is 3. The zero-order valence-corrected chi connectivity index (χ0v) is 34.2. The van der Waals surface area contributed by atoms with E-state index in [0.717, 1.165) is 24.1 Å². The molecule has 4 aromatic carbocycles. The Balaban J connectivity index is 1.30. The summed E-state index contributed by atoms with van der Waals surface area (Å²) in [6.45, 7) is 4.20. The normalized spacial score (nSPS) is 22.9. The SMILES string of the molecule is COC(=O)[C@@H](C)NC(=O)c1c(C)cc2c(c1O)-c1c(cc3c(c1O)C(=O)c1cc(OC)cc(O)c1C3=O)[C@H](O)[C@H]2O[C@@H]1O[C@H](C)[C@H](N(C)C(=O)OCc2ccccc2)[C@H](O)[C@H]1O. The fraction of sp³-hybridized carbons (Fsp3) is 0.341. The molecule has 0 radical (unpaired) electrons. The molecule has 4 aromatic rings. The molecule has 0 unspecified atom stereocenters.